The molecular weight excluding hydrogens is 292 g/mol. The van der Waals surface area contributed by atoms with E-state index in [1.54, 1.807) is 16.7 Å². The van der Waals surface area contributed by atoms with Crippen LogP contribution in [0, 0.1) is 0 Å². The van der Waals surface area contributed by atoms with E-state index in [9.17, 15) is 9.59 Å². The molecule has 2 aromatic heterocycles. The first-order valence-electron chi connectivity index (χ1n) is 8.22. The Morgan fingerprint density at radius 3 is 2.35 bits per heavy atom. The molecule has 0 spiro atoms. The van der Waals surface area contributed by atoms with Gasteiger partial charge < -0.3 is 10.6 Å². The standard InChI is InChI=1S/C17H24N4O2/c1-3-5-10-18-16(22)14-13-9-7-8-12-21(13)15(20-14)17(23)19-11-6-4-2/h7-9,12H,3-6,10-11H2,1-2H3,(H,18,22)(H,19,23). The first-order valence-corrected chi connectivity index (χ1v) is 8.22. The molecule has 0 fully saturated rings. The van der Waals surface area contributed by atoms with Crippen LogP contribution in [0.15, 0.2) is 24.4 Å². The molecule has 0 saturated heterocycles. The fourth-order valence-electron chi connectivity index (χ4n) is 2.29. The zero-order valence-corrected chi connectivity index (χ0v) is 13.8. The van der Waals surface area contributed by atoms with Gasteiger partial charge in [0, 0.05) is 19.3 Å². The third-order valence-corrected chi connectivity index (χ3v) is 3.60. The number of amides is 2. The van der Waals surface area contributed by atoms with Gasteiger partial charge in [0.1, 0.15) is 0 Å². The number of rotatable bonds is 8. The van der Waals surface area contributed by atoms with Crippen LogP contribution in [0.2, 0.25) is 0 Å². The highest BCUT2D eigenvalue weighted by atomic mass is 16.2. The summed E-state index contributed by atoms with van der Waals surface area (Å²) in [5, 5.41) is 5.69. The third-order valence-electron chi connectivity index (χ3n) is 3.60. The number of hydrogen-bond acceptors (Lipinski definition) is 3. The van der Waals surface area contributed by atoms with Crippen LogP contribution in [0.3, 0.4) is 0 Å². The Hall–Kier alpha value is -2.37. The van der Waals surface area contributed by atoms with Crippen LogP contribution >= 0.6 is 0 Å². The molecule has 0 aliphatic heterocycles. The summed E-state index contributed by atoms with van der Waals surface area (Å²) in [6.07, 6.45) is 5.60. The number of unbranched alkanes of at least 4 members (excludes halogenated alkanes) is 2. The number of nitrogens with one attached hydrogen (secondary N) is 2. The summed E-state index contributed by atoms with van der Waals surface area (Å²) < 4.78 is 1.66. The van der Waals surface area contributed by atoms with Crippen molar-refractivity contribution in [3.8, 4) is 0 Å². The molecule has 0 unspecified atom stereocenters. The van der Waals surface area contributed by atoms with Crippen molar-refractivity contribution in [2.75, 3.05) is 13.1 Å². The molecule has 2 N–H and O–H groups in total. The largest absolute Gasteiger partial charge is 0.351 e. The summed E-state index contributed by atoms with van der Waals surface area (Å²) >= 11 is 0. The lowest BCUT2D eigenvalue weighted by molar-refractivity contribution is 0.0942. The number of fused-ring (bicyclic) bond motifs is 1. The summed E-state index contributed by atoms with van der Waals surface area (Å²) in [4.78, 5) is 28.9. The first kappa shape index (κ1) is 17.0. The topological polar surface area (TPSA) is 75.5 Å². The molecule has 0 aromatic carbocycles. The second-order valence-corrected chi connectivity index (χ2v) is 5.46. The fourth-order valence-corrected chi connectivity index (χ4v) is 2.29. The third kappa shape index (κ3) is 4.09. The summed E-state index contributed by atoms with van der Waals surface area (Å²) in [6.45, 7) is 5.35. The van der Waals surface area contributed by atoms with E-state index in [1.165, 1.54) is 0 Å². The van der Waals surface area contributed by atoms with Crippen LogP contribution in [0.25, 0.3) is 5.52 Å². The average molecular weight is 316 g/mol. The summed E-state index contributed by atoms with van der Waals surface area (Å²) in [5.74, 6) is -0.251. The Kier molecular flexibility index (Phi) is 6.14. The Balaban J connectivity index is 2.25. The second-order valence-electron chi connectivity index (χ2n) is 5.46. The zero-order valence-electron chi connectivity index (χ0n) is 13.8. The van der Waals surface area contributed by atoms with Crippen molar-refractivity contribution in [1.82, 2.24) is 20.0 Å². The number of carbonyl (C=O) groups excluding carboxylic acids is 2. The second kappa shape index (κ2) is 8.31. The SMILES string of the molecule is CCCCNC(=O)c1nc(C(=O)NCCCC)n2ccccc12. The van der Waals surface area contributed by atoms with Gasteiger partial charge in [0.05, 0.1) is 5.52 Å². The van der Waals surface area contributed by atoms with Gasteiger partial charge >= 0.3 is 0 Å². The lowest BCUT2D eigenvalue weighted by Crippen LogP contribution is -2.27. The molecule has 124 valence electrons. The monoisotopic (exact) mass is 316 g/mol. The van der Waals surface area contributed by atoms with Crippen molar-refractivity contribution < 1.29 is 9.59 Å². The molecule has 23 heavy (non-hydrogen) atoms. The van der Waals surface area contributed by atoms with E-state index in [0.717, 1.165) is 25.7 Å². The number of pyridine rings is 1. The Bertz CT molecular complexity index is 622. The van der Waals surface area contributed by atoms with Crippen molar-refractivity contribution in [1.29, 1.82) is 0 Å². The molecule has 2 heterocycles. The Morgan fingerprint density at radius 1 is 1.04 bits per heavy atom. The van der Waals surface area contributed by atoms with Gasteiger partial charge in [-0.3, -0.25) is 14.0 Å². The molecule has 0 atom stereocenters. The normalized spacial score (nSPS) is 10.7. The van der Waals surface area contributed by atoms with E-state index in [-0.39, 0.29) is 17.6 Å². The summed E-state index contributed by atoms with van der Waals surface area (Å²) in [5.41, 5.74) is 0.935. The molecule has 0 aliphatic carbocycles. The molecule has 2 rings (SSSR count). The lowest BCUT2D eigenvalue weighted by atomic mass is 10.3. The maximum Gasteiger partial charge on any atom is 0.287 e. The Morgan fingerprint density at radius 2 is 1.70 bits per heavy atom. The van der Waals surface area contributed by atoms with Gasteiger partial charge in [-0.1, -0.05) is 32.8 Å². The van der Waals surface area contributed by atoms with Crippen LogP contribution in [-0.4, -0.2) is 34.3 Å². The molecule has 0 saturated carbocycles. The lowest BCUT2D eigenvalue weighted by Gasteiger charge is -2.03. The molecule has 6 nitrogen and oxygen atoms in total. The highest BCUT2D eigenvalue weighted by Crippen LogP contribution is 2.13. The minimum Gasteiger partial charge on any atom is -0.351 e. The van der Waals surface area contributed by atoms with E-state index >= 15 is 0 Å². The molecule has 6 heteroatoms. The molecule has 0 aliphatic rings. The molecule has 2 amide bonds. The number of carbonyl (C=O) groups is 2. The van der Waals surface area contributed by atoms with Gasteiger partial charge in [0.2, 0.25) is 5.82 Å². The predicted molar refractivity (Wildman–Crippen MR) is 89.7 cm³/mol. The van der Waals surface area contributed by atoms with Gasteiger partial charge in [-0.2, -0.15) is 0 Å². The Labute approximate surface area is 136 Å². The van der Waals surface area contributed by atoms with Crippen molar-refractivity contribution >= 4 is 17.3 Å². The van der Waals surface area contributed by atoms with Crippen LogP contribution in [0.4, 0.5) is 0 Å². The number of hydrogen-bond donors (Lipinski definition) is 2. The predicted octanol–water partition coefficient (Wildman–Crippen LogP) is 2.39. The van der Waals surface area contributed by atoms with E-state index in [1.807, 2.05) is 12.1 Å². The van der Waals surface area contributed by atoms with Crippen molar-refractivity contribution in [3.05, 3.63) is 35.9 Å². The number of imidazole rings is 1. The van der Waals surface area contributed by atoms with E-state index in [0.29, 0.717) is 24.3 Å². The van der Waals surface area contributed by atoms with Gasteiger partial charge in [0.25, 0.3) is 11.8 Å². The van der Waals surface area contributed by atoms with Crippen LogP contribution < -0.4 is 10.6 Å². The average Bonchev–Trinajstić information content (AvgIpc) is 2.95. The quantitative estimate of drug-likeness (QED) is 0.734. The van der Waals surface area contributed by atoms with E-state index in [4.69, 9.17) is 0 Å². The van der Waals surface area contributed by atoms with Gasteiger partial charge in [-0.15, -0.1) is 0 Å². The molecule has 0 bridgehead atoms. The summed E-state index contributed by atoms with van der Waals surface area (Å²) in [7, 11) is 0. The van der Waals surface area contributed by atoms with Gasteiger partial charge in [-0.25, -0.2) is 4.98 Å². The van der Waals surface area contributed by atoms with E-state index in [2.05, 4.69) is 29.5 Å². The van der Waals surface area contributed by atoms with Gasteiger partial charge in [-0.05, 0) is 25.0 Å². The molecule has 0 radical (unpaired) electrons. The maximum absolute atomic E-state index is 12.3. The van der Waals surface area contributed by atoms with Gasteiger partial charge in [0.15, 0.2) is 5.69 Å². The van der Waals surface area contributed by atoms with Crippen molar-refractivity contribution in [2.45, 2.75) is 39.5 Å². The minimum atomic E-state index is -0.257. The van der Waals surface area contributed by atoms with Crippen molar-refractivity contribution in [3.63, 3.8) is 0 Å². The van der Waals surface area contributed by atoms with Crippen LogP contribution in [-0.2, 0) is 0 Å². The van der Waals surface area contributed by atoms with Crippen molar-refractivity contribution in [2.24, 2.45) is 0 Å². The minimum absolute atomic E-state index is 0.241. The fraction of sp³-hybridized carbons (Fsp3) is 0.471. The first-order chi connectivity index (χ1) is 11.2. The maximum atomic E-state index is 12.3. The van der Waals surface area contributed by atoms with Crippen LogP contribution in [0.1, 0.15) is 60.6 Å². The highest BCUT2D eigenvalue weighted by molar-refractivity contribution is 6.02. The molecule has 2 aromatic rings. The molecular formula is C17H24N4O2. The number of nitrogens with zero attached hydrogens (tertiary/aromatic N) is 2. The zero-order chi connectivity index (χ0) is 16.7. The van der Waals surface area contributed by atoms with Crippen LogP contribution in [0.5, 0.6) is 0 Å². The number of aromatic nitrogens is 2. The smallest absolute Gasteiger partial charge is 0.287 e. The van der Waals surface area contributed by atoms with E-state index < -0.39 is 0 Å². The highest BCUT2D eigenvalue weighted by Gasteiger charge is 2.20. The summed E-state index contributed by atoms with van der Waals surface area (Å²) in [6, 6.07) is 5.44.